The molecule has 1 N–H and O–H groups in total. The monoisotopic (exact) mass is 401 g/mol. The normalized spacial score (nSPS) is 35.4. The number of likely N-dealkylation sites (tertiary alicyclic amines) is 1. The summed E-state index contributed by atoms with van der Waals surface area (Å²) in [4.78, 5) is 19.7. The Morgan fingerprint density at radius 2 is 1.82 bits per heavy atom. The van der Waals surface area contributed by atoms with Gasteiger partial charge in [-0.2, -0.15) is 0 Å². The molecule has 0 unspecified atom stereocenters. The average molecular weight is 402 g/mol. The lowest BCUT2D eigenvalue weighted by Crippen LogP contribution is -2.47. The molecule has 4 saturated carbocycles. The predicted octanol–water partition coefficient (Wildman–Crippen LogP) is 4.39. The van der Waals surface area contributed by atoms with Crippen molar-refractivity contribution in [3.05, 3.63) is 16.1 Å². The predicted molar refractivity (Wildman–Crippen MR) is 113 cm³/mol. The Morgan fingerprint density at radius 3 is 2.39 bits per heavy atom. The van der Waals surface area contributed by atoms with E-state index in [0.717, 1.165) is 61.8 Å². The van der Waals surface area contributed by atoms with Crippen molar-refractivity contribution in [2.75, 3.05) is 19.6 Å². The van der Waals surface area contributed by atoms with Crippen LogP contribution in [-0.2, 0) is 11.3 Å². The summed E-state index contributed by atoms with van der Waals surface area (Å²) in [5.74, 6) is 3.55. The van der Waals surface area contributed by atoms with E-state index in [1.165, 1.54) is 50.6 Å². The second kappa shape index (κ2) is 7.71. The van der Waals surface area contributed by atoms with E-state index in [4.69, 9.17) is 0 Å². The summed E-state index contributed by atoms with van der Waals surface area (Å²) in [6, 6.07) is 0. The Kier molecular flexibility index (Phi) is 5.25. The van der Waals surface area contributed by atoms with Gasteiger partial charge in [0.2, 0.25) is 5.91 Å². The molecular weight excluding hydrogens is 366 g/mol. The van der Waals surface area contributed by atoms with Gasteiger partial charge >= 0.3 is 0 Å². The first-order valence-electron chi connectivity index (χ1n) is 11.5. The van der Waals surface area contributed by atoms with Crippen molar-refractivity contribution in [2.24, 2.45) is 29.1 Å². The topological polar surface area (TPSA) is 45.2 Å². The van der Waals surface area contributed by atoms with Gasteiger partial charge in [-0.1, -0.05) is 0 Å². The summed E-state index contributed by atoms with van der Waals surface area (Å²) in [5.41, 5.74) is 1.76. The van der Waals surface area contributed by atoms with Gasteiger partial charge in [-0.05, 0) is 101 Å². The number of amides is 1. The maximum Gasteiger partial charge on any atom is 0.223 e. The van der Waals surface area contributed by atoms with Gasteiger partial charge in [0.25, 0.3) is 0 Å². The quantitative estimate of drug-likeness (QED) is 0.769. The highest BCUT2D eigenvalue weighted by molar-refractivity contribution is 7.09. The largest absolute Gasteiger partial charge is 0.356 e. The minimum Gasteiger partial charge on any atom is -0.356 e. The first-order chi connectivity index (χ1) is 13.6. The summed E-state index contributed by atoms with van der Waals surface area (Å²) < 4.78 is 0. The molecular formula is C23H35N3OS. The van der Waals surface area contributed by atoms with E-state index in [-0.39, 0.29) is 5.92 Å². The molecule has 4 bridgehead atoms. The zero-order chi connectivity index (χ0) is 19.1. The fourth-order valence-corrected chi connectivity index (χ4v) is 7.86. The van der Waals surface area contributed by atoms with Crippen LogP contribution in [0.25, 0.3) is 0 Å². The van der Waals surface area contributed by atoms with Crippen LogP contribution in [0.4, 0.5) is 0 Å². The molecule has 154 valence electrons. The molecule has 5 heteroatoms. The van der Waals surface area contributed by atoms with E-state index in [1.54, 1.807) is 11.3 Å². The van der Waals surface area contributed by atoms with Gasteiger partial charge in [0.1, 0.15) is 0 Å². The first-order valence-corrected chi connectivity index (χ1v) is 12.4. The summed E-state index contributed by atoms with van der Waals surface area (Å²) in [5, 5.41) is 6.63. The summed E-state index contributed by atoms with van der Waals surface area (Å²) >= 11 is 1.73. The van der Waals surface area contributed by atoms with Crippen molar-refractivity contribution in [3.8, 4) is 0 Å². The van der Waals surface area contributed by atoms with E-state index < -0.39 is 0 Å². The fourth-order valence-electron chi connectivity index (χ4n) is 7.25. The van der Waals surface area contributed by atoms with Gasteiger partial charge in [0, 0.05) is 24.4 Å². The van der Waals surface area contributed by atoms with Crippen molar-refractivity contribution < 1.29 is 4.79 Å². The second-order valence-electron chi connectivity index (χ2n) is 10.4. The third-order valence-corrected chi connectivity index (χ3v) is 8.95. The average Bonchev–Trinajstić information content (AvgIpc) is 3.05. The van der Waals surface area contributed by atoms with Crippen LogP contribution in [0.3, 0.4) is 0 Å². The van der Waals surface area contributed by atoms with Crippen LogP contribution in [0.2, 0.25) is 0 Å². The van der Waals surface area contributed by atoms with Crippen molar-refractivity contribution in [1.29, 1.82) is 0 Å². The number of carbonyl (C=O) groups is 1. The van der Waals surface area contributed by atoms with E-state index in [2.05, 4.69) is 27.5 Å². The van der Waals surface area contributed by atoms with Gasteiger partial charge in [-0.3, -0.25) is 9.69 Å². The Bertz CT molecular complexity index is 671. The molecule has 0 radical (unpaired) electrons. The van der Waals surface area contributed by atoms with Crippen LogP contribution >= 0.6 is 11.3 Å². The van der Waals surface area contributed by atoms with Crippen LogP contribution in [-0.4, -0.2) is 35.4 Å². The molecule has 2 heterocycles. The lowest BCUT2D eigenvalue weighted by atomic mass is 9.49. The third-order valence-electron chi connectivity index (χ3n) is 8.13. The SMILES string of the molecule is Cc1nc(CN2CCC(C(=O)NCCC34CC5CC(CC(C5)C3)C4)CC2)cs1. The maximum atomic E-state index is 12.7. The Balaban J connectivity index is 1.05. The van der Waals surface area contributed by atoms with Crippen molar-refractivity contribution in [2.45, 2.75) is 71.3 Å². The number of hydrogen-bond donors (Lipinski definition) is 1. The second-order valence-corrected chi connectivity index (χ2v) is 11.4. The number of thiazole rings is 1. The zero-order valence-corrected chi connectivity index (χ0v) is 18.1. The number of aryl methyl sites for hydroxylation is 1. The highest BCUT2D eigenvalue weighted by atomic mass is 32.1. The highest BCUT2D eigenvalue weighted by Gasteiger charge is 2.50. The van der Waals surface area contributed by atoms with E-state index in [1.807, 2.05) is 0 Å². The Hall–Kier alpha value is -0.940. The third kappa shape index (κ3) is 4.02. The summed E-state index contributed by atoms with van der Waals surface area (Å²) in [6.45, 7) is 5.94. The molecule has 5 fully saturated rings. The van der Waals surface area contributed by atoms with Crippen LogP contribution in [0.5, 0.6) is 0 Å². The number of nitrogens with one attached hydrogen (secondary N) is 1. The molecule has 4 nitrogen and oxygen atoms in total. The molecule has 1 saturated heterocycles. The number of piperidine rings is 1. The minimum absolute atomic E-state index is 0.213. The van der Waals surface area contributed by atoms with E-state index in [9.17, 15) is 4.79 Å². The number of aromatic nitrogens is 1. The Labute approximate surface area is 173 Å². The fraction of sp³-hybridized carbons (Fsp3) is 0.826. The number of rotatable bonds is 6. The lowest BCUT2D eigenvalue weighted by Gasteiger charge is -2.57. The first kappa shape index (κ1) is 19.0. The number of hydrogen-bond acceptors (Lipinski definition) is 4. The maximum absolute atomic E-state index is 12.7. The van der Waals surface area contributed by atoms with Gasteiger partial charge < -0.3 is 5.32 Å². The van der Waals surface area contributed by atoms with Crippen molar-refractivity contribution in [1.82, 2.24) is 15.2 Å². The van der Waals surface area contributed by atoms with Gasteiger partial charge in [0.15, 0.2) is 0 Å². The molecule has 1 aromatic heterocycles. The van der Waals surface area contributed by atoms with Crippen molar-refractivity contribution in [3.63, 3.8) is 0 Å². The summed E-state index contributed by atoms with van der Waals surface area (Å²) in [6.07, 6.45) is 12.1. The van der Waals surface area contributed by atoms with Gasteiger partial charge in [-0.15, -0.1) is 11.3 Å². The van der Waals surface area contributed by atoms with E-state index >= 15 is 0 Å². The molecule has 1 aliphatic heterocycles. The molecule has 0 spiro atoms. The minimum atomic E-state index is 0.213. The van der Waals surface area contributed by atoms with Crippen LogP contribution in [0, 0.1) is 36.0 Å². The van der Waals surface area contributed by atoms with Gasteiger partial charge in [0.05, 0.1) is 10.7 Å². The van der Waals surface area contributed by atoms with Gasteiger partial charge in [-0.25, -0.2) is 4.98 Å². The number of carbonyl (C=O) groups excluding carboxylic acids is 1. The lowest BCUT2D eigenvalue weighted by molar-refractivity contribution is -0.126. The number of nitrogens with zero attached hydrogens (tertiary/aromatic N) is 2. The highest BCUT2D eigenvalue weighted by Crippen LogP contribution is 2.61. The summed E-state index contributed by atoms with van der Waals surface area (Å²) in [7, 11) is 0. The standard InChI is InChI=1S/C23H35N3OS/c1-16-25-21(15-28-16)14-26-6-2-20(3-7-26)22(27)24-5-4-23-11-17-8-18(12-23)10-19(9-17)13-23/h15,17-20H,2-14H2,1H3,(H,24,27). The van der Waals surface area contributed by atoms with E-state index in [0.29, 0.717) is 11.3 Å². The molecule has 5 aliphatic rings. The molecule has 6 rings (SSSR count). The zero-order valence-electron chi connectivity index (χ0n) is 17.3. The smallest absolute Gasteiger partial charge is 0.223 e. The molecule has 4 aliphatic carbocycles. The van der Waals surface area contributed by atoms with Crippen molar-refractivity contribution >= 4 is 17.2 Å². The van der Waals surface area contributed by atoms with Crippen LogP contribution in [0.1, 0.15) is 68.5 Å². The Morgan fingerprint density at radius 1 is 1.18 bits per heavy atom. The van der Waals surface area contributed by atoms with Crippen LogP contribution < -0.4 is 5.32 Å². The molecule has 1 aromatic rings. The molecule has 0 atom stereocenters. The van der Waals surface area contributed by atoms with Crippen LogP contribution in [0.15, 0.2) is 5.38 Å². The molecule has 1 amide bonds. The molecule has 28 heavy (non-hydrogen) atoms. The molecule has 0 aromatic carbocycles.